The molecule has 2 atom stereocenters. The van der Waals surface area contributed by atoms with Crippen LogP contribution in [0.25, 0.3) is 0 Å². The van der Waals surface area contributed by atoms with E-state index in [-0.39, 0.29) is 30.0 Å². The van der Waals surface area contributed by atoms with Crippen LogP contribution in [0.1, 0.15) is 48.6 Å². The smallest absolute Gasteiger partial charge is 0.430 e. The summed E-state index contributed by atoms with van der Waals surface area (Å²) in [6.07, 6.45) is -11.1. The molecule has 2 aromatic carbocycles. The lowest BCUT2D eigenvalue weighted by atomic mass is 9.64. The molecule has 0 fully saturated rings. The minimum Gasteiger partial charge on any atom is -0.493 e. The van der Waals surface area contributed by atoms with Crippen molar-refractivity contribution in [1.82, 2.24) is 4.90 Å². The summed E-state index contributed by atoms with van der Waals surface area (Å²) in [5, 5.41) is 13.2. The summed E-state index contributed by atoms with van der Waals surface area (Å²) in [6.45, 7) is 3.66. The molecule has 11 heteroatoms. The summed E-state index contributed by atoms with van der Waals surface area (Å²) in [7, 11) is 3.35. The van der Waals surface area contributed by atoms with E-state index in [2.05, 4.69) is 5.32 Å². The lowest BCUT2D eigenvalue weighted by Crippen LogP contribution is -2.54. The lowest BCUT2D eigenvalue weighted by Gasteiger charge is -2.49. The Morgan fingerprint density at radius 1 is 1.08 bits per heavy atom. The van der Waals surface area contributed by atoms with Gasteiger partial charge >= 0.3 is 12.4 Å². The number of aliphatic hydroxyl groups is 1. The molecule has 0 spiro atoms. The fraction of sp³-hybridized carbons (Fsp3) is 0.500. The SMILES string of the molecule is CN(C)C(=O)CCc1ccc2c(c1)C1Nc3ccc(C(O)(C(F)(F)F)C(F)(F)F)cc3C(C)(C)C1CO2. The number of anilines is 1. The van der Waals surface area contributed by atoms with Crippen molar-refractivity contribution in [2.75, 3.05) is 26.0 Å². The van der Waals surface area contributed by atoms with E-state index < -0.39 is 28.9 Å². The number of alkyl halides is 6. The monoisotopic (exact) mass is 530 g/mol. The Morgan fingerprint density at radius 3 is 2.32 bits per heavy atom. The van der Waals surface area contributed by atoms with Gasteiger partial charge in [0.25, 0.3) is 5.60 Å². The summed E-state index contributed by atoms with van der Waals surface area (Å²) in [5.74, 6) is 0.258. The number of ether oxygens (including phenoxy) is 1. The van der Waals surface area contributed by atoms with Crippen LogP contribution in [-0.2, 0) is 22.2 Å². The third-order valence-corrected chi connectivity index (χ3v) is 7.55. The Balaban J connectivity index is 1.73. The van der Waals surface area contributed by atoms with Crippen molar-refractivity contribution in [2.45, 2.75) is 56.1 Å². The number of benzene rings is 2. The minimum atomic E-state index is -5.97. The van der Waals surface area contributed by atoms with Gasteiger partial charge in [0.15, 0.2) is 0 Å². The van der Waals surface area contributed by atoms with Crippen LogP contribution in [0.15, 0.2) is 36.4 Å². The van der Waals surface area contributed by atoms with Gasteiger partial charge in [0.2, 0.25) is 5.91 Å². The number of carbonyl (C=O) groups is 1. The summed E-state index contributed by atoms with van der Waals surface area (Å²) in [4.78, 5) is 13.5. The average Bonchev–Trinajstić information content (AvgIpc) is 2.80. The summed E-state index contributed by atoms with van der Waals surface area (Å²) >= 11 is 0. The molecule has 2 N–H and O–H groups in total. The number of aryl methyl sites for hydroxylation is 1. The van der Waals surface area contributed by atoms with Gasteiger partial charge in [-0.25, -0.2) is 0 Å². The molecule has 2 aromatic rings. The molecule has 0 aromatic heterocycles. The molecule has 2 aliphatic rings. The number of amides is 1. The van der Waals surface area contributed by atoms with Crippen molar-refractivity contribution in [3.8, 4) is 5.75 Å². The normalized spacial score (nSPS) is 20.6. The predicted octanol–water partition coefficient (Wildman–Crippen LogP) is 5.47. The van der Waals surface area contributed by atoms with E-state index in [0.29, 0.717) is 30.3 Å². The Morgan fingerprint density at radius 2 is 1.73 bits per heavy atom. The van der Waals surface area contributed by atoms with E-state index in [9.17, 15) is 36.2 Å². The second kappa shape index (κ2) is 8.82. The maximum atomic E-state index is 13.5. The molecule has 37 heavy (non-hydrogen) atoms. The van der Waals surface area contributed by atoms with Crippen molar-refractivity contribution >= 4 is 11.6 Å². The molecule has 2 heterocycles. The van der Waals surface area contributed by atoms with E-state index >= 15 is 0 Å². The van der Waals surface area contributed by atoms with Gasteiger partial charge in [-0.3, -0.25) is 4.79 Å². The fourth-order valence-electron chi connectivity index (χ4n) is 5.18. The topological polar surface area (TPSA) is 61.8 Å². The fourth-order valence-corrected chi connectivity index (χ4v) is 5.18. The Labute approximate surface area is 210 Å². The molecule has 0 aliphatic carbocycles. The van der Waals surface area contributed by atoms with Crippen LogP contribution < -0.4 is 10.1 Å². The maximum Gasteiger partial charge on any atom is 0.430 e. The number of rotatable bonds is 4. The molecule has 2 aliphatic heterocycles. The van der Waals surface area contributed by atoms with Crippen LogP contribution in [-0.4, -0.2) is 49.0 Å². The van der Waals surface area contributed by atoms with E-state index in [1.54, 1.807) is 34.0 Å². The summed E-state index contributed by atoms with van der Waals surface area (Å²) < 4.78 is 87.0. The zero-order chi connectivity index (χ0) is 27.6. The molecule has 0 saturated carbocycles. The maximum absolute atomic E-state index is 13.5. The van der Waals surface area contributed by atoms with E-state index in [1.807, 2.05) is 12.1 Å². The molecular formula is C26H28F6N2O3. The zero-order valence-electron chi connectivity index (χ0n) is 20.7. The van der Waals surface area contributed by atoms with Gasteiger partial charge in [0.05, 0.1) is 12.6 Å². The third kappa shape index (κ3) is 4.41. The molecule has 4 rings (SSSR count). The highest BCUT2D eigenvalue weighted by Crippen LogP contribution is 2.55. The highest BCUT2D eigenvalue weighted by atomic mass is 19.4. The van der Waals surface area contributed by atoms with Gasteiger partial charge in [-0.15, -0.1) is 0 Å². The van der Waals surface area contributed by atoms with Crippen molar-refractivity contribution in [1.29, 1.82) is 0 Å². The molecule has 5 nitrogen and oxygen atoms in total. The average molecular weight is 531 g/mol. The van der Waals surface area contributed by atoms with Gasteiger partial charge in [-0.2, -0.15) is 26.3 Å². The number of nitrogens with one attached hydrogen (secondary N) is 1. The number of halogens is 6. The highest BCUT2D eigenvalue weighted by molar-refractivity contribution is 5.75. The first-order valence-corrected chi connectivity index (χ1v) is 11.7. The first-order chi connectivity index (χ1) is 17.0. The van der Waals surface area contributed by atoms with E-state index in [0.717, 1.165) is 23.3 Å². The van der Waals surface area contributed by atoms with Crippen LogP contribution in [0.5, 0.6) is 5.75 Å². The quantitative estimate of drug-likeness (QED) is 0.515. The number of hydrogen-bond donors (Lipinski definition) is 2. The number of fused-ring (bicyclic) bond motifs is 4. The zero-order valence-corrected chi connectivity index (χ0v) is 20.7. The Hall–Kier alpha value is -2.95. The highest BCUT2D eigenvalue weighted by Gasteiger charge is 2.71. The molecule has 1 amide bonds. The number of hydrogen-bond acceptors (Lipinski definition) is 4. The lowest BCUT2D eigenvalue weighted by molar-refractivity contribution is -0.376. The van der Waals surface area contributed by atoms with E-state index in [4.69, 9.17) is 4.74 Å². The van der Waals surface area contributed by atoms with Crippen LogP contribution in [0.4, 0.5) is 32.0 Å². The number of nitrogens with zero attached hydrogens (tertiary/aromatic N) is 1. The minimum absolute atomic E-state index is 0.0221. The van der Waals surface area contributed by atoms with Crippen LogP contribution in [0, 0.1) is 5.92 Å². The van der Waals surface area contributed by atoms with Gasteiger partial charge in [0, 0.05) is 48.7 Å². The third-order valence-electron chi connectivity index (χ3n) is 7.55. The Bertz CT molecular complexity index is 1190. The molecular weight excluding hydrogens is 502 g/mol. The van der Waals surface area contributed by atoms with Gasteiger partial charge in [-0.1, -0.05) is 32.0 Å². The van der Waals surface area contributed by atoms with Gasteiger partial charge in [0.1, 0.15) is 5.75 Å². The van der Waals surface area contributed by atoms with Crippen molar-refractivity contribution in [3.63, 3.8) is 0 Å². The molecule has 0 radical (unpaired) electrons. The van der Waals surface area contributed by atoms with Crippen LogP contribution >= 0.6 is 0 Å². The summed E-state index contributed by atoms with van der Waals surface area (Å²) in [6, 6.07) is 7.87. The molecule has 0 bridgehead atoms. The molecule has 2 unspecified atom stereocenters. The van der Waals surface area contributed by atoms with Crippen LogP contribution in [0.3, 0.4) is 0 Å². The van der Waals surface area contributed by atoms with Crippen molar-refractivity contribution in [2.24, 2.45) is 5.92 Å². The first-order valence-electron chi connectivity index (χ1n) is 11.7. The van der Waals surface area contributed by atoms with Crippen molar-refractivity contribution in [3.05, 3.63) is 58.7 Å². The Kier molecular flexibility index (Phi) is 6.46. The largest absolute Gasteiger partial charge is 0.493 e. The van der Waals surface area contributed by atoms with Crippen molar-refractivity contribution < 1.29 is 41.0 Å². The summed E-state index contributed by atoms with van der Waals surface area (Å²) in [5.41, 5.74) is -4.90. The first kappa shape index (κ1) is 27.1. The predicted molar refractivity (Wildman–Crippen MR) is 124 cm³/mol. The van der Waals surface area contributed by atoms with Crippen LogP contribution in [0.2, 0.25) is 0 Å². The van der Waals surface area contributed by atoms with E-state index in [1.165, 1.54) is 4.90 Å². The second-order valence-corrected chi connectivity index (χ2v) is 10.4. The van der Waals surface area contributed by atoms with Gasteiger partial charge in [-0.05, 0) is 35.7 Å². The number of carbonyl (C=O) groups excluding carboxylic acids is 1. The molecule has 202 valence electrons. The molecule has 0 saturated heterocycles. The second-order valence-electron chi connectivity index (χ2n) is 10.4. The van der Waals surface area contributed by atoms with Gasteiger partial charge < -0.3 is 20.1 Å². The standard InChI is InChI=1S/C26H28F6N2O3/c1-23(2)17-12-15(24(36,25(27,28)29)26(30,31)32)7-8-19(17)33-22-16-11-14(6-10-21(35)34(3)4)5-9-20(16)37-13-18(22)23/h5,7-9,11-12,18,22,33,36H,6,10,13H2,1-4H3.